The highest BCUT2D eigenvalue weighted by Gasteiger charge is 2.23. The van der Waals surface area contributed by atoms with Crippen LogP contribution in [0.25, 0.3) is 0 Å². The third-order valence-electron chi connectivity index (χ3n) is 2.19. The molecule has 4 heteroatoms. The summed E-state index contributed by atoms with van der Waals surface area (Å²) in [6, 6.07) is 7.21. The first-order valence-electron chi connectivity index (χ1n) is 4.53. The molecule has 1 aromatic rings. The van der Waals surface area contributed by atoms with Gasteiger partial charge in [-0.15, -0.1) is 24.8 Å². The quantitative estimate of drug-likeness (QED) is 0.871. The maximum Gasteiger partial charge on any atom is 0.0570 e. The molecule has 0 spiro atoms. The predicted octanol–water partition coefficient (Wildman–Crippen LogP) is 2.74. The summed E-state index contributed by atoms with van der Waals surface area (Å²) in [5.41, 5.74) is 1.14. The number of aromatic nitrogens is 1. The van der Waals surface area contributed by atoms with Gasteiger partial charge in [-0.2, -0.15) is 0 Å². The van der Waals surface area contributed by atoms with Gasteiger partial charge in [-0.25, -0.2) is 0 Å². The molecule has 0 bridgehead atoms. The third kappa shape index (κ3) is 3.82. The Morgan fingerprint density at radius 1 is 1.36 bits per heavy atom. The first-order chi connectivity index (χ1) is 5.86. The molecule has 14 heavy (non-hydrogen) atoms. The van der Waals surface area contributed by atoms with E-state index in [0.717, 1.165) is 11.7 Å². The minimum Gasteiger partial charge on any atom is -0.306 e. The molecule has 2 nitrogen and oxygen atoms in total. The lowest BCUT2D eigenvalue weighted by atomic mass is 10.2. The van der Waals surface area contributed by atoms with Crippen molar-refractivity contribution in [2.75, 3.05) is 0 Å². The lowest BCUT2D eigenvalue weighted by Gasteiger charge is -2.11. The molecule has 1 aromatic heterocycles. The molecule has 1 unspecified atom stereocenters. The van der Waals surface area contributed by atoms with Gasteiger partial charge >= 0.3 is 0 Å². The van der Waals surface area contributed by atoms with Crippen LogP contribution < -0.4 is 5.32 Å². The van der Waals surface area contributed by atoms with Crippen molar-refractivity contribution < 1.29 is 0 Å². The summed E-state index contributed by atoms with van der Waals surface area (Å²) >= 11 is 0. The number of rotatable bonds is 3. The maximum atomic E-state index is 4.30. The van der Waals surface area contributed by atoms with E-state index in [4.69, 9.17) is 0 Å². The molecule has 80 valence electrons. The molecule has 1 saturated carbocycles. The van der Waals surface area contributed by atoms with Gasteiger partial charge in [0.15, 0.2) is 0 Å². The van der Waals surface area contributed by atoms with E-state index in [-0.39, 0.29) is 24.8 Å². The number of nitrogens with one attached hydrogen (secondary N) is 1. The lowest BCUT2D eigenvalue weighted by Crippen LogP contribution is -2.21. The molecule has 1 heterocycles. The van der Waals surface area contributed by atoms with E-state index in [1.54, 1.807) is 0 Å². The second-order valence-electron chi connectivity index (χ2n) is 3.42. The zero-order valence-corrected chi connectivity index (χ0v) is 9.78. The number of hydrogen-bond acceptors (Lipinski definition) is 2. The Kier molecular flexibility index (Phi) is 6.09. The van der Waals surface area contributed by atoms with Gasteiger partial charge in [-0.3, -0.25) is 4.98 Å². The minimum absolute atomic E-state index is 0. The smallest absolute Gasteiger partial charge is 0.0570 e. The fourth-order valence-electron chi connectivity index (χ4n) is 1.32. The van der Waals surface area contributed by atoms with Crippen molar-refractivity contribution in [2.24, 2.45) is 0 Å². The fourth-order valence-corrected chi connectivity index (χ4v) is 1.32. The minimum atomic E-state index is 0. The number of nitrogens with zero attached hydrogens (tertiary/aromatic N) is 1. The van der Waals surface area contributed by atoms with E-state index < -0.39 is 0 Å². The third-order valence-corrected chi connectivity index (χ3v) is 2.19. The Hall–Kier alpha value is -0.310. The second kappa shape index (κ2) is 6.23. The maximum absolute atomic E-state index is 4.30. The van der Waals surface area contributed by atoms with Crippen molar-refractivity contribution in [3.05, 3.63) is 30.1 Å². The van der Waals surface area contributed by atoms with Crippen LogP contribution in [-0.2, 0) is 0 Å². The van der Waals surface area contributed by atoms with E-state index in [1.807, 2.05) is 18.3 Å². The summed E-state index contributed by atoms with van der Waals surface area (Å²) in [4.78, 5) is 4.30. The average Bonchev–Trinajstić information content (AvgIpc) is 2.90. The van der Waals surface area contributed by atoms with Crippen LogP contribution >= 0.6 is 24.8 Å². The zero-order chi connectivity index (χ0) is 8.39. The summed E-state index contributed by atoms with van der Waals surface area (Å²) in [7, 11) is 0. The topological polar surface area (TPSA) is 24.9 Å². The van der Waals surface area contributed by atoms with E-state index in [1.165, 1.54) is 12.8 Å². The standard InChI is InChI=1S/C10H14N2.2ClH/c1-8(12-9-5-6-9)10-4-2-3-7-11-10;;/h2-4,7-9,12H,5-6H2,1H3;2*1H. The van der Waals surface area contributed by atoms with Gasteiger partial charge in [0, 0.05) is 18.3 Å². The summed E-state index contributed by atoms with van der Waals surface area (Å²) in [5, 5.41) is 3.51. The monoisotopic (exact) mass is 234 g/mol. The summed E-state index contributed by atoms with van der Waals surface area (Å²) < 4.78 is 0. The molecule has 1 atom stereocenters. The van der Waals surface area contributed by atoms with Gasteiger partial charge in [-0.1, -0.05) is 6.07 Å². The largest absolute Gasteiger partial charge is 0.306 e. The van der Waals surface area contributed by atoms with Crippen molar-refractivity contribution >= 4 is 24.8 Å². The SMILES string of the molecule is CC(NC1CC1)c1ccccn1.Cl.Cl. The Labute approximate surface area is 97.3 Å². The van der Waals surface area contributed by atoms with Gasteiger partial charge in [0.25, 0.3) is 0 Å². The number of pyridine rings is 1. The summed E-state index contributed by atoms with van der Waals surface area (Å²) in [6.07, 6.45) is 4.51. The Morgan fingerprint density at radius 3 is 2.57 bits per heavy atom. The summed E-state index contributed by atoms with van der Waals surface area (Å²) in [6.45, 7) is 2.17. The highest BCUT2D eigenvalue weighted by Crippen LogP contribution is 2.22. The van der Waals surface area contributed by atoms with Gasteiger partial charge in [0.1, 0.15) is 0 Å². The molecule has 0 aromatic carbocycles. The van der Waals surface area contributed by atoms with Gasteiger partial charge < -0.3 is 5.32 Å². The Bertz CT molecular complexity index is 250. The second-order valence-corrected chi connectivity index (χ2v) is 3.42. The van der Waals surface area contributed by atoms with Crippen LogP contribution in [0, 0.1) is 0 Å². The molecule has 1 aliphatic rings. The van der Waals surface area contributed by atoms with E-state index in [2.05, 4.69) is 23.3 Å². The molecule has 0 radical (unpaired) electrons. The van der Waals surface area contributed by atoms with Crippen LogP contribution in [0.3, 0.4) is 0 Å². The number of halogens is 2. The number of hydrogen-bond donors (Lipinski definition) is 1. The van der Waals surface area contributed by atoms with Crippen LogP contribution in [0.15, 0.2) is 24.4 Å². The van der Waals surface area contributed by atoms with Crippen LogP contribution in [0.2, 0.25) is 0 Å². The van der Waals surface area contributed by atoms with Gasteiger partial charge in [0.05, 0.1) is 5.69 Å². The van der Waals surface area contributed by atoms with Crippen molar-refractivity contribution in [3.8, 4) is 0 Å². The summed E-state index contributed by atoms with van der Waals surface area (Å²) in [5.74, 6) is 0. The molecule has 0 amide bonds. The van der Waals surface area contributed by atoms with Crippen molar-refractivity contribution in [1.29, 1.82) is 0 Å². The van der Waals surface area contributed by atoms with Crippen molar-refractivity contribution in [3.63, 3.8) is 0 Å². The first kappa shape index (κ1) is 13.7. The first-order valence-corrected chi connectivity index (χ1v) is 4.53. The molecular formula is C10H16Cl2N2. The Morgan fingerprint density at radius 2 is 2.07 bits per heavy atom. The van der Waals surface area contributed by atoms with Crippen LogP contribution in [-0.4, -0.2) is 11.0 Å². The normalized spacial score (nSPS) is 16.4. The van der Waals surface area contributed by atoms with E-state index in [0.29, 0.717) is 6.04 Å². The van der Waals surface area contributed by atoms with Crippen LogP contribution in [0.5, 0.6) is 0 Å². The van der Waals surface area contributed by atoms with Crippen molar-refractivity contribution in [2.45, 2.75) is 31.8 Å². The van der Waals surface area contributed by atoms with Gasteiger partial charge in [0.2, 0.25) is 0 Å². The van der Waals surface area contributed by atoms with E-state index in [9.17, 15) is 0 Å². The lowest BCUT2D eigenvalue weighted by molar-refractivity contribution is 0.558. The molecule has 0 saturated heterocycles. The zero-order valence-electron chi connectivity index (χ0n) is 8.14. The molecule has 1 fully saturated rings. The molecule has 1 aliphatic carbocycles. The van der Waals surface area contributed by atoms with Crippen LogP contribution in [0.1, 0.15) is 31.5 Å². The average molecular weight is 235 g/mol. The van der Waals surface area contributed by atoms with E-state index >= 15 is 0 Å². The molecule has 1 N–H and O–H groups in total. The Balaban J connectivity index is 0.000000845. The van der Waals surface area contributed by atoms with Crippen molar-refractivity contribution in [1.82, 2.24) is 10.3 Å². The predicted molar refractivity (Wildman–Crippen MR) is 63.3 cm³/mol. The molecule has 2 rings (SSSR count). The molecule has 0 aliphatic heterocycles. The molecular weight excluding hydrogens is 219 g/mol. The highest BCUT2D eigenvalue weighted by atomic mass is 35.5. The fraction of sp³-hybridized carbons (Fsp3) is 0.500. The van der Waals surface area contributed by atoms with Crippen LogP contribution in [0.4, 0.5) is 0 Å². The van der Waals surface area contributed by atoms with Gasteiger partial charge in [-0.05, 0) is 31.9 Å². The highest BCUT2D eigenvalue weighted by molar-refractivity contribution is 5.85.